The van der Waals surface area contributed by atoms with Crippen molar-refractivity contribution in [2.45, 2.75) is 18.9 Å². The minimum atomic E-state index is -0.0955. The van der Waals surface area contributed by atoms with Gasteiger partial charge in [0.15, 0.2) is 0 Å². The molecule has 4 heterocycles. The van der Waals surface area contributed by atoms with Crippen molar-refractivity contribution in [3.05, 3.63) is 36.5 Å². The van der Waals surface area contributed by atoms with E-state index in [9.17, 15) is 4.79 Å². The summed E-state index contributed by atoms with van der Waals surface area (Å²) in [6.07, 6.45) is 9.00. The zero-order chi connectivity index (χ0) is 18.5. The highest BCUT2D eigenvalue weighted by Crippen LogP contribution is 2.14. The molecule has 9 heteroatoms. The van der Waals surface area contributed by atoms with E-state index in [4.69, 9.17) is 4.74 Å². The second-order valence-electron chi connectivity index (χ2n) is 6.63. The number of rotatable bonds is 5. The van der Waals surface area contributed by atoms with Crippen molar-refractivity contribution in [3.63, 3.8) is 0 Å². The first-order valence-corrected chi connectivity index (χ1v) is 9.28. The highest BCUT2D eigenvalue weighted by molar-refractivity contribution is 5.92. The van der Waals surface area contributed by atoms with E-state index < -0.39 is 0 Å². The van der Waals surface area contributed by atoms with Crippen molar-refractivity contribution in [2.24, 2.45) is 0 Å². The number of anilines is 2. The summed E-state index contributed by atoms with van der Waals surface area (Å²) in [7, 11) is 0. The number of piperazine rings is 1. The predicted octanol–water partition coefficient (Wildman–Crippen LogP) is 0.820. The molecule has 2 saturated heterocycles. The SMILES string of the molecule is O=C(c1cnc(NCC2CCCO2)cn1)N1CCN(c2ncccn2)CC1. The fourth-order valence-corrected chi connectivity index (χ4v) is 3.28. The maximum absolute atomic E-state index is 12.7. The van der Waals surface area contributed by atoms with Crippen LogP contribution in [0.25, 0.3) is 0 Å². The summed E-state index contributed by atoms with van der Waals surface area (Å²) < 4.78 is 5.57. The topological polar surface area (TPSA) is 96.4 Å². The third-order valence-electron chi connectivity index (χ3n) is 4.81. The van der Waals surface area contributed by atoms with E-state index in [2.05, 4.69) is 30.2 Å². The smallest absolute Gasteiger partial charge is 0.274 e. The van der Waals surface area contributed by atoms with Crippen molar-refractivity contribution in [1.82, 2.24) is 24.8 Å². The van der Waals surface area contributed by atoms with Crippen LogP contribution in [0, 0.1) is 0 Å². The lowest BCUT2D eigenvalue weighted by atomic mass is 10.2. The first-order chi connectivity index (χ1) is 13.3. The maximum Gasteiger partial charge on any atom is 0.274 e. The van der Waals surface area contributed by atoms with E-state index in [1.807, 2.05) is 0 Å². The molecule has 1 unspecified atom stereocenters. The monoisotopic (exact) mass is 369 g/mol. The van der Waals surface area contributed by atoms with Crippen molar-refractivity contribution in [1.29, 1.82) is 0 Å². The zero-order valence-corrected chi connectivity index (χ0v) is 15.1. The van der Waals surface area contributed by atoms with Gasteiger partial charge in [-0.1, -0.05) is 0 Å². The Hall–Kier alpha value is -2.81. The molecular formula is C18H23N7O2. The number of hydrogen-bond donors (Lipinski definition) is 1. The normalized spacial score (nSPS) is 19.9. The average Bonchev–Trinajstić information content (AvgIpc) is 3.27. The molecule has 1 amide bonds. The lowest BCUT2D eigenvalue weighted by molar-refractivity contribution is 0.0740. The molecule has 0 saturated carbocycles. The second kappa shape index (κ2) is 8.26. The number of nitrogens with zero attached hydrogens (tertiary/aromatic N) is 6. The van der Waals surface area contributed by atoms with Gasteiger partial charge in [0.2, 0.25) is 5.95 Å². The standard InChI is InChI=1S/C18H23N7O2/c26-17(24-6-8-25(9-7-24)18-19-4-2-5-20-18)15-12-23-16(13-21-15)22-11-14-3-1-10-27-14/h2,4-5,12-14H,1,3,6-11H2,(H,22,23). The lowest BCUT2D eigenvalue weighted by Gasteiger charge is -2.34. The summed E-state index contributed by atoms with van der Waals surface area (Å²) in [6, 6.07) is 1.79. The van der Waals surface area contributed by atoms with Crippen LogP contribution in [0.15, 0.2) is 30.9 Å². The van der Waals surface area contributed by atoms with Gasteiger partial charge in [0.1, 0.15) is 11.5 Å². The van der Waals surface area contributed by atoms with Crippen molar-refractivity contribution >= 4 is 17.7 Å². The molecule has 27 heavy (non-hydrogen) atoms. The predicted molar refractivity (Wildman–Crippen MR) is 99.6 cm³/mol. The van der Waals surface area contributed by atoms with Crippen LogP contribution < -0.4 is 10.2 Å². The van der Waals surface area contributed by atoms with Crippen molar-refractivity contribution in [2.75, 3.05) is 49.5 Å². The summed E-state index contributed by atoms with van der Waals surface area (Å²) in [6.45, 7) is 4.16. The Kier molecular flexibility index (Phi) is 5.38. The van der Waals surface area contributed by atoms with Crippen LogP contribution >= 0.6 is 0 Å². The number of carbonyl (C=O) groups excluding carboxylic acids is 1. The van der Waals surface area contributed by atoms with E-state index in [1.54, 1.807) is 29.6 Å². The molecule has 142 valence electrons. The Morgan fingerprint density at radius 1 is 1.11 bits per heavy atom. The van der Waals surface area contributed by atoms with Gasteiger partial charge in [-0.25, -0.2) is 19.9 Å². The van der Waals surface area contributed by atoms with E-state index in [0.29, 0.717) is 50.2 Å². The van der Waals surface area contributed by atoms with E-state index in [-0.39, 0.29) is 12.0 Å². The molecule has 0 radical (unpaired) electrons. The van der Waals surface area contributed by atoms with Crippen LogP contribution in [0.4, 0.5) is 11.8 Å². The van der Waals surface area contributed by atoms with Gasteiger partial charge in [-0.3, -0.25) is 4.79 Å². The van der Waals surface area contributed by atoms with Gasteiger partial charge in [0.05, 0.1) is 18.5 Å². The third-order valence-corrected chi connectivity index (χ3v) is 4.81. The molecule has 0 aromatic carbocycles. The van der Waals surface area contributed by atoms with Crippen LogP contribution in [0.5, 0.6) is 0 Å². The Balaban J connectivity index is 1.29. The summed E-state index contributed by atoms with van der Waals surface area (Å²) in [5.74, 6) is 1.26. The molecule has 1 atom stereocenters. The van der Waals surface area contributed by atoms with Gasteiger partial charge < -0.3 is 19.9 Å². The Morgan fingerprint density at radius 2 is 1.93 bits per heavy atom. The van der Waals surface area contributed by atoms with Crippen molar-refractivity contribution in [3.8, 4) is 0 Å². The van der Waals surface area contributed by atoms with Crippen LogP contribution in [0.2, 0.25) is 0 Å². The Labute approximate surface area is 157 Å². The molecule has 9 nitrogen and oxygen atoms in total. The molecule has 4 rings (SSSR count). The Bertz CT molecular complexity index is 742. The first kappa shape index (κ1) is 17.6. The highest BCUT2D eigenvalue weighted by atomic mass is 16.5. The van der Waals surface area contributed by atoms with Crippen molar-refractivity contribution < 1.29 is 9.53 Å². The Morgan fingerprint density at radius 3 is 2.59 bits per heavy atom. The van der Waals surface area contributed by atoms with E-state index in [1.165, 1.54) is 6.20 Å². The van der Waals surface area contributed by atoms with E-state index >= 15 is 0 Å². The summed E-state index contributed by atoms with van der Waals surface area (Å²) >= 11 is 0. The summed E-state index contributed by atoms with van der Waals surface area (Å²) in [5.41, 5.74) is 0.363. The maximum atomic E-state index is 12.7. The fourth-order valence-electron chi connectivity index (χ4n) is 3.28. The molecule has 1 N–H and O–H groups in total. The molecular weight excluding hydrogens is 346 g/mol. The average molecular weight is 369 g/mol. The largest absolute Gasteiger partial charge is 0.376 e. The molecule has 2 aromatic heterocycles. The quantitative estimate of drug-likeness (QED) is 0.827. The fraction of sp³-hybridized carbons (Fsp3) is 0.500. The number of nitrogens with one attached hydrogen (secondary N) is 1. The molecule has 0 bridgehead atoms. The summed E-state index contributed by atoms with van der Waals surface area (Å²) in [5, 5.41) is 3.21. The lowest BCUT2D eigenvalue weighted by Crippen LogP contribution is -2.49. The highest BCUT2D eigenvalue weighted by Gasteiger charge is 2.24. The molecule has 2 aromatic rings. The second-order valence-corrected chi connectivity index (χ2v) is 6.63. The number of amides is 1. The number of hydrogen-bond acceptors (Lipinski definition) is 8. The number of carbonyl (C=O) groups is 1. The third kappa shape index (κ3) is 4.30. The van der Waals surface area contributed by atoms with Crippen LogP contribution in [0.1, 0.15) is 23.3 Å². The van der Waals surface area contributed by atoms with Gasteiger partial charge in [-0.05, 0) is 18.9 Å². The molecule has 0 aliphatic carbocycles. The van der Waals surface area contributed by atoms with Crippen LogP contribution in [-0.4, -0.2) is 76.2 Å². The molecule has 2 aliphatic heterocycles. The minimum Gasteiger partial charge on any atom is -0.376 e. The molecule has 2 aliphatic rings. The zero-order valence-electron chi connectivity index (χ0n) is 15.1. The van der Waals surface area contributed by atoms with Gasteiger partial charge in [-0.2, -0.15) is 0 Å². The first-order valence-electron chi connectivity index (χ1n) is 9.28. The van der Waals surface area contributed by atoms with E-state index in [0.717, 1.165) is 19.4 Å². The van der Waals surface area contributed by atoms with Crippen LogP contribution in [0.3, 0.4) is 0 Å². The van der Waals surface area contributed by atoms with Gasteiger partial charge in [0, 0.05) is 51.7 Å². The molecule has 2 fully saturated rings. The van der Waals surface area contributed by atoms with Crippen LogP contribution in [-0.2, 0) is 4.74 Å². The number of aromatic nitrogens is 4. The minimum absolute atomic E-state index is 0.0955. The summed E-state index contributed by atoms with van der Waals surface area (Å²) in [4.78, 5) is 33.6. The van der Waals surface area contributed by atoms with Gasteiger partial charge >= 0.3 is 0 Å². The molecule has 0 spiro atoms. The van der Waals surface area contributed by atoms with Gasteiger partial charge in [-0.15, -0.1) is 0 Å². The number of ether oxygens (including phenoxy) is 1. The van der Waals surface area contributed by atoms with Gasteiger partial charge in [0.25, 0.3) is 5.91 Å².